The zero-order chi connectivity index (χ0) is 18.7. The molecule has 0 aliphatic carbocycles. The fraction of sp³-hybridized carbons (Fsp3) is 0.273. The molecule has 0 atom stereocenters. The number of aromatic hydroxyl groups is 2. The zero-order valence-electron chi connectivity index (χ0n) is 15.5. The van der Waals surface area contributed by atoms with Crippen molar-refractivity contribution in [3.05, 3.63) is 59.2 Å². The summed E-state index contributed by atoms with van der Waals surface area (Å²) >= 11 is 0. The van der Waals surface area contributed by atoms with Gasteiger partial charge in [0, 0.05) is 5.56 Å². The van der Waals surface area contributed by atoms with E-state index in [9.17, 15) is 10.2 Å². The number of aromatic nitrogens is 2. The molecule has 3 aromatic rings. The van der Waals surface area contributed by atoms with Crippen LogP contribution in [-0.2, 0) is 6.42 Å². The van der Waals surface area contributed by atoms with Crippen molar-refractivity contribution in [1.29, 1.82) is 0 Å². The van der Waals surface area contributed by atoms with E-state index in [2.05, 4.69) is 42.9 Å². The smallest absolute Gasteiger partial charge is 0.186 e. The SMILES string of the molecule is CC(C)=CCC/C(C)=C/Cc1cc2nc3ccccc3nc2c(O)c1O. The monoisotopic (exact) mass is 348 g/mol. The summed E-state index contributed by atoms with van der Waals surface area (Å²) in [5.41, 5.74) is 5.61. The first-order chi connectivity index (χ1) is 12.5. The number of nitrogens with zero attached hydrogens (tertiary/aromatic N) is 2. The minimum atomic E-state index is -0.202. The van der Waals surface area contributed by atoms with Gasteiger partial charge in [0.25, 0.3) is 0 Å². The molecule has 0 radical (unpaired) electrons. The van der Waals surface area contributed by atoms with Gasteiger partial charge in [-0.3, -0.25) is 0 Å². The average Bonchev–Trinajstić information content (AvgIpc) is 2.62. The van der Waals surface area contributed by atoms with Crippen LogP contribution in [0.5, 0.6) is 11.5 Å². The molecule has 1 heterocycles. The van der Waals surface area contributed by atoms with Gasteiger partial charge in [0.1, 0.15) is 5.52 Å². The minimum absolute atomic E-state index is 0.115. The Kier molecular flexibility index (Phi) is 5.21. The Balaban J connectivity index is 1.92. The molecular formula is C22H24N2O2. The highest BCUT2D eigenvalue weighted by molar-refractivity contribution is 5.91. The molecule has 3 rings (SSSR count). The van der Waals surface area contributed by atoms with Gasteiger partial charge in [0.05, 0.1) is 16.6 Å². The number of allylic oxidation sites excluding steroid dienone is 4. The van der Waals surface area contributed by atoms with Crippen LogP contribution in [-0.4, -0.2) is 20.2 Å². The molecule has 0 aliphatic heterocycles. The molecule has 0 saturated carbocycles. The van der Waals surface area contributed by atoms with Gasteiger partial charge in [-0.05, 0) is 58.2 Å². The maximum absolute atomic E-state index is 10.4. The number of para-hydroxylation sites is 2. The molecule has 0 spiro atoms. The fourth-order valence-electron chi connectivity index (χ4n) is 2.92. The minimum Gasteiger partial charge on any atom is -0.504 e. The van der Waals surface area contributed by atoms with Crippen LogP contribution in [0.2, 0.25) is 0 Å². The van der Waals surface area contributed by atoms with Crippen molar-refractivity contribution in [2.75, 3.05) is 0 Å². The van der Waals surface area contributed by atoms with E-state index in [1.54, 1.807) is 0 Å². The normalized spacial score (nSPS) is 11.9. The van der Waals surface area contributed by atoms with E-state index in [4.69, 9.17) is 0 Å². The van der Waals surface area contributed by atoms with Crippen molar-refractivity contribution in [3.63, 3.8) is 0 Å². The first-order valence-corrected chi connectivity index (χ1v) is 8.85. The molecule has 2 N–H and O–H groups in total. The second kappa shape index (κ2) is 7.56. The summed E-state index contributed by atoms with van der Waals surface area (Å²) in [5, 5.41) is 20.8. The summed E-state index contributed by atoms with van der Waals surface area (Å²) in [6.07, 6.45) is 6.85. The number of benzene rings is 2. The molecule has 4 heteroatoms. The maximum Gasteiger partial charge on any atom is 0.186 e. The van der Waals surface area contributed by atoms with Gasteiger partial charge >= 0.3 is 0 Å². The lowest BCUT2D eigenvalue weighted by Crippen LogP contribution is -1.92. The quantitative estimate of drug-likeness (QED) is 0.366. The second-order valence-electron chi connectivity index (χ2n) is 6.89. The summed E-state index contributed by atoms with van der Waals surface area (Å²) in [5.74, 6) is -0.318. The van der Waals surface area contributed by atoms with E-state index in [1.807, 2.05) is 30.3 Å². The van der Waals surface area contributed by atoms with Gasteiger partial charge in [-0.1, -0.05) is 35.4 Å². The molecule has 134 valence electrons. The number of fused-ring (bicyclic) bond motifs is 2. The van der Waals surface area contributed by atoms with Gasteiger partial charge in [-0.2, -0.15) is 0 Å². The Bertz CT molecular complexity index is 1020. The number of hydrogen-bond donors (Lipinski definition) is 2. The van der Waals surface area contributed by atoms with E-state index in [0.29, 0.717) is 28.5 Å². The standard InChI is InChI=1S/C22H24N2O2/c1-14(2)7-6-8-15(3)11-12-16-13-19-20(22(26)21(16)25)24-18-10-5-4-9-17(18)23-19/h4-5,7,9-11,13,25-26H,6,8,12H2,1-3H3/b15-11+. The third-order valence-corrected chi connectivity index (χ3v) is 4.42. The Morgan fingerprint density at radius 3 is 2.31 bits per heavy atom. The summed E-state index contributed by atoms with van der Waals surface area (Å²) < 4.78 is 0. The summed E-state index contributed by atoms with van der Waals surface area (Å²) in [6, 6.07) is 9.31. The van der Waals surface area contributed by atoms with Crippen LogP contribution in [0, 0.1) is 0 Å². The molecule has 0 amide bonds. The number of rotatable bonds is 5. The number of hydrogen-bond acceptors (Lipinski definition) is 4. The van der Waals surface area contributed by atoms with Crippen molar-refractivity contribution < 1.29 is 10.2 Å². The van der Waals surface area contributed by atoms with E-state index in [-0.39, 0.29) is 11.5 Å². The summed E-state index contributed by atoms with van der Waals surface area (Å²) in [6.45, 7) is 6.28. The van der Waals surface area contributed by atoms with Gasteiger partial charge in [0.15, 0.2) is 11.5 Å². The van der Waals surface area contributed by atoms with E-state index < -0.39 is 0 Å². The molecule has 4 nitrogen and oxygen atoms in total. The predicted octanol–water partition coefficient (Wildman–Crippen LogP) is 5.43. The third kappa shape index (κ3) is 3.85. The highest BCUT2D eigenvalue weighted by atomic mass is 16.3. The van der Waals surface area contributed by atoms with Crippen LogP contribution in [0.4, 0.5) is 0 Å². The first-order valence-electron chi connectivity index (χ1n) is 8.85. The lowest BCUT2D eigenvalue weighted by atomic mass is 10.0. The number of phenols is 2. The van der Waals surface area contributed by atoms with Crippen LogP contribution in [0.3, 0.4) is 0 Å². The molecule has 0 bridgehead atoms. The molecule has 0 saturated heterocycles. The first kappa shape index (κ1) is 17.9. The fourth-order valence-corrected chi connectivity index (χ4v) is 2.92. The van der Waals surface area contributed by atoms with Gasteiger partial charge in [-0.25, -0.2) is 9.97 Å². The highest BCUT2D eigenvalue weighted by Gasteiger charge is 2.14. The molecule has 0 fully saturated rings. The van der Waals surface area contributed by atoms with Crippen LogP contribution < -0.4 is 0 Å². The van der Waals surface area contributed by atoms with E-state index in [1.165, 1.54) is 11.1 Å². The molecule has 1 aromatic heterocycles. The molecule has 2 aromatic carbocycles. The molecule has 0 unspecified atom stereocenters. The van der Waals surface area contributed by atoms with Crippen molar-refractivity contribution in [1.82, 2.24) is 9.97 Å². The third-order valence-electron chi connectivity index (χ3n) is 4.42. The van der Waals surface area contributed by atoms with Crippen LogP contribution in [0.1, 0.15) is 39.2 Å². The van der Waals surface area contributed by atoms with Gasteiger partial charge < -0.3 is 10.2 Å². The predicted molar refractivity (Wildman–Crippen MR) is 106 cm³/mol. The topological polar surface area (TPSA) is 66.2 Å². The summed E-state index contributed by atoms with van der Waals surface area (Å²) in [7, 11) is 0. The Labute approximate surface area is 153 Å². The van der Waals surface area contributed by atoms with Crippen molar-refractivity contribution in [2.45, 2.75) is 40.0 Å². The molecule has 26 heavy (non-hydrogen) atoms. The van der Waals surface area contributed by atoms with Crippen LogP contribution >= 0.6 is 0 Å². The lowest BCUT2D eigenvalue weighted by molar-refractivity contribution is 0.404. The second-order valence-corrected chi connectivity index (χ2v) is 6.89. The maximum atomic E-state index is 10.4. The lowest BCUT2D eigenvalue weighted by Gasteiger charge is -2.09. The van der Waals surface area contributed by atoms with E-state index >= 15 is 0 Å². The zero-order valence-corrected chi connectivity index (χ0v) is 15.5. The summed E-state index contributed by atoms with van der Waals surface area (Å²) in [4.78, 5) is 9.01. The molecule has 0 aliphatic rings. The average molecular weight is 348 g/mol. The molecular weight excluding hydrogens is 324 g/mol. The van der Waals surface area contributed by atoms with E-state index in [0.717, 1.165) is 18.4 Å². The van der Waals surface area contributed by atoms with Gasteiger partial charge in [-0.15, -0.1) is 0 Å². The van der Waals surface area contributed by atoms with Crippen LogP contribution in [0.15, 0.2) is 53.6 Å². The largest absolute Gasteiger partial charge is 0.504 e. The van der Waals surface area contributed by atoms with Gasteiger partial charge in [0.2, 0.25) is 0 Å². The Hall–Kier alpha value is -2.88. The Morgan fingerprint density at radius 1 is 0.923 bits per heavy atom. The Morgan fingerprint density at radius 2 is 1.62 bits per heavy atom. The van der Waals surface area contributed by atoms with Crippen molar-refractivity contribution >= 4 is 22.1 Å². The number of phenolic OH excluding ortho intramolecular Hbond substituents is 2. The van der Waals surface area contributed by atoms with Crippen molar-refractivity contribution in [3.8, 4) is 11.5 Å². The van der Waals surface area contributed by atoms with Crippen LogP contribution in [0.25, 0.3) is 22.1 Å². The van der Waals surface area contributed by atoms with Crippen molar-refractivity contribution in [2.24, 2.45) is 0 Å². The highest BCUT2D eigenvalue weighted by Crippen LogP contribution is 2.36.